The molecule has 7 heteroatoms. The van der Waals surface area contributed by atoms with E-state index in [-0.39, 0.29) is 25.0 Å². The molecular weight excluding hydrogens is 280 g/mol. The molecule has 7 nitrogen and oxygen atoms in total. The molecule has 21 heavy (non-hydrogen) atoms. The van der Waals surface area contributed by atoms with E-state index in [0.717, 1.165) is 0 Å². The minimum absolute atomic E-state index is 0.0183. The number of hydrogen-bond donors (Lipinski definition) is 1. The monoisotopic (exact) mass is 302 g/mol. The van der Waals surface area contributed by atoms with Crippen LogP contribution in [0.5, 0.6) is 0 Å². The van der Waals surface area contributed by atoms with Crippen LogP contribution in [-0.4, -0.2) is 48.9 Å². The van der Waals surface area contributed by atoms with Gasteiger partial charge in [-0.15, -0.1) is 0 Å². The minimum Gasteiger partial charge on any atom is -0.481 e. The van der Waals surface area contributed by atoms with E-state index in [4.69, 9.17) is 14.6 Å². The predicted octanol–water partition coefficient (Wildman–Crippen LogP) is 0.853. The number of rotatable bonds is 7. The molecule has 120 valence electrons. The number of hydrogen-bond acceptors (Lipinski definition) is 6. The van der Waals surface area contributed by atoms with Gasteiger partial charge in [0.25, 0.3) is 6.47 Å². The Hall–Kier alpha value is -1.63. The number of carbonyl (C=O) groups excluding carboxylic acids is 2. The maximum atomic E-state index is 12.0. The second-order valence-corrected chi connectivity index (χ2v) is 5.45. The van der Waals surface area contributed by atoms with Gasteiger partial charge in [-0.05, 0) is 25.2 Å². The number of aliphatic carboxylic acids is 1. The van der Waals surface area contributed by atoms with Crippen LogP contribution in [0.2, 0.25) is 0 Å². The highest BCUT2D eigenvalue weighted by atomic mass is 16.6. The first-order valence-corrected chi connectivity index (χ1v) is 6.98. The van der Waals surface area contributed by atoms with Crippen LogP contribution in [0.3, 0.4) is 0 Å². The summed E-state index contributed by atoms with van der Waals surface area (Å²) >= 11 is 0. The lowest BCUT2D eigenvalue weighted by Gasteiger charge is -2.27. The molecule has 0 amide bonds. The largest absolute Gasteiger partial charge is 0.481 e. The fraction of sp³-hybridized carbons (Fsp3) is 0.786. The summed E-state index contributed by atoms with van der Waals surface area (Å²) in [6.45, 7) is 6.04. The van der Waals surface area contributed by atoms with E-state index in [2.05, 4.69) is 4.74 Å². The molecule has 0 aliphatic carbocycles. The Morgan fingerprint density at radius 2 is 2.10 bits per heavy atom. The fourth-order valence-electron chi connectivity index (χ4n) is 2.74. The second kappa shape index (κ2) is 7.97. The lowest BCUT2D eigenvalue weighted by atomic mass is 9.85. The molecule has 0 aromatic carbocycles. The molecule has 1 N–H and O–H groups in total. The Bertz CT molecular complexity index is 382. The molecule has 0 aromatic rings. The summed E-state index contributed by atoms with van der Waals surface area (Å²) in [5.41, 5.74) is 0. The van der Waals surface area contributed by atoms with Gasteiger partial charge in [0, 0.05) is 0 Å². The normalized spacial score (nSPS) is 30.9. The Kier molecular flexibility index (Phi) is 6.61. The van der Waals surface area contributed by atoms with Gasteiger partial charge in [-0.1, -0.05) is 13.8 Å². The van der Waals surface area contributed by atoms with Crippen molar-refractivity contribution >= 4 is 18.4 Å². The van der Waals surface area contributed by atoms with Crippen molar-refractivity contribution in [3.8, 4) is 0 Å². The standard InChI is InChI=1S/C14H22O7/c1-8-6-9(2)12(10(3)20-5-4-19-7-15)21-14(18)11(8)13(16)17/h7-12H,4-6H2,1-3H3,(H,16,17). The molecule has 5 atom stereocenters. The van der Waals surface area contributed by atoms with Crippen LogP contribution >= 0.6 is 0 Å². The summed E-state index contributed by atoms with van der Waals surface area (Å²) in [5, 5.41) is 9.13. The molecular formula is C14H22O7. The smallest absolute Gasteiger partial charge is 0.320 e. The van der Waals surface area contributed by atoms with Crippen LogP contribution in [-0.2, 0) is 28.6 Å². The molecule has 1 aliphatic heterocycles. The van der Waals surface area contributed by atoms with Crippen LogP contribution in [0.25, 0.3) is 0 Å². The van der Waals surface area contributed by atoms with Crippen molar-refractivity contribution in [2.24, 2.45) is 17.8 Å². The molecule has 1 rings (SSSR count). The summed E-state index contributed by atoms with van der Waals surface area (Å²) in [6.07, 6.45) is -0.356. The highest BCUT2D eigenvalue weighted by molar-refractivity contribution is 5.94. The third-order valence-corrected chi connectivity index (χ3v) is 3.76. The van der Waals surface area contributed by atoms with Crippen LogP contribution in [0.15, 0.2) is 0 Å². The number of esters is 1. The molecule has 0 aromatic heterocycles. The van der Waals surface area contributed by atoms with Crippen molar-refractivity contribution < 1.29 is 33.7 Å². The first-order valence-electron chi connectivity index (χ1n) is 6.98. The van der Waals surface area contributed by atoms with Crippen LogP contribution in [0.4, 0.5) is 0 Å². The molecule has 0 spiro atoms. The van der Waals surface area contributed by atoms with E-state index in [0.29, 0.717) is 12.9 Å². The Morgan fingerprint density at radius 1 is 1.43 bits per heavy atom. The molecule has 5 unspecified atom stereocenters. The fourth-order valence-corrected chi connectivity index (χ4v) is 2.74. The molecule has 0 bridgehead atoms. The molecule has 1 fully saturated rings. The van der Waals surface area contributed by atoms with Gasteiger partial charge in [-0.25, -0.2) is 0 Å². The van der Waals surface area contributed by atoms with Gasteiger partial charge in [0.1, 0.15) is 12.7 Å². The zero-order valence-electron chi connectivity index (χ0n) is 12.5. The number of ether oxygens (including phenoxy) is 3. The quantitative estimate of drug-likeness (QED) is 0.322. The molecule has 1 heterocycles. The van der Waals surface area contributed by atoms with Crippen LogP contribution in [0.1, 0.15) is 27.2 Å². The summed E-state index contributed by atoms with van der Waals surface area (Å²) < 4.78 is 15.3. The van der Waals surface area contributed by atoms with E-state index in [9.17, 15) is 14.4 Å². The third-order valence-electron chi connectivity index (χ3n) is 3.76. The maximum absolute atomic E-state index is 12.0. The van der Waals surface area contributed by atoms with Crippen molar-refractivity contribution in [1.29, 1.82) is 0 Å². The summed E-state index contributed by atoms with van der Waals surface area (Å²) in [4.78, 5) is 33.2. The van der Waals surface area contributed by atoms with E-state index >= 15 is 0 Å². The molecule has 0 radical (unpaired) electrons. The Balaban J connectivity index is 2.67. The van der Waals surface area contributed by atoms with Crippen molar-refractivity contribution in [3.05, 3.63) is 0 Å². The van der Waals surface area contributed by atoms with E-state index in [1.54, 1.807) is 13.8 Å². The van der Waals surface area contributed by atoms with Gasteiger partial charge in [0.05, 0.1) is 12.7 Å². The van der Waals surface area contributed by atoms with E-state index < -0.39 is 30.1 Å². The number of carboxylic acids is 1. The summed E-state index contributed by atoms with van der Waals surface area (Å²) in [7, 11) is 0. The Labute approximate surface area is 123 Å². The number of carbonyl (C=O) groups is 3. The molecule has 0 saturated carbocycles. The van der Waals surface area contributed by atoms with E-state index in [1.165, 1.54) is 0 Å². The van der Waals surface area contributed by atoms with Crippen molar-refractivity contribution in [2.75, 3.05) is 13.2 Å². The summed E-state index contributed by atoms with van der Waals surface area (Å²) in [5.74, 6) is -3.32. The van der Waals surface area contributed by atoms with Gasteiger partial charge < -0.3 is 19.3 Å². The second-order valence-electron chi connectivity index (χ2n) is 5.45. The third kappa shape index (κ3) is 4.70. The number of cyclic esters (lactones) is 1. The van der Waals surface area contributed by atoms with Crippen LogP contribution < -0.4 is 0 Å². The lowest BCUT2D eigenvalue weighted by molar-refractivity contribution is -0.169. The summed E-state index contributed by atoms with van der Waals surface area (Å²) in [6, 6.07) is 0. The van der Waals surface area contributed by atoms with E-state index in [1.807, 2.05) is 6.92 Å². The van der Waals surface area contributed by atoms with Gasteiger partial charge in [-0.3, -0.25) is 14.4 Å². The first-order chi connectivity index (χ1) is 9.88. The average Bonchev–Trinajstić information content (AvgIpc) is 2.50. The van der Waals surface area contributed by atoms with Gasteiger partial charge in [0.15, 0.2) is 5.92 Å². The zero-order chi connectivity index (χ0) is 16.0. The predicted molar refractivity (Wildman–Crippen MR) is 71.4 cm³/mol. The van der Waals surface area contributed by atoms with Crippen molar-refractivity contribution in [3.63, 3.8) is 0 Å². The lowest BCUT2D eigenvalue weighted by Crippen LogP contribution is -2.37. The first kappa shape index (κ1) is 17.4. The average molecular weight is 302 g/mol. The highest BCUT2D eigenvalue weighted by Crippen LogP contribution is 2.31. The topological polar surface area (TPSA) is 99.1 Å². The Morgan fingerprint density at radius 3 is 2.67 bits per heavy atom. The minimum atomic E-state index is -1.16. The van der Waals surface area contributed by atoms with Gasteiger partial charge in [0.2, 0.25) is 0 Å². The SMILES string of the molecule is CC1CC(C)C(C(C)OCCOC=O)OC(=O)C1C(=O)O. The van der Waals surface area contributed by atoms with Gasteiger partial charge >= 0.3 is 11.9 Å². The van der Waals surface area contributed by atoms with Crippen molar-refractivity contribution in [2.45, 2.75) is 39.4 Å². The van der Waals surface area contributed by atoms with Crippen molar-refractivity contribution in [1.82, 2.24) is 0 Å². The molecule has 1 aliphatic rings. The molecule has 1 saturated heterocycles. The maximum Gasteiger partial charge on any atom is 0.320 e. The highest BCUT2D eigenvalue weighted by Gasteiger charge is 2.42. The van der Waals surface area contributed by atoms with Gasteiger partial charge in [-0.2, -0.15) is 0 Å². The number of carboxylic acid groups (broad SMARTS) is 1. The van der Waals surface area contributed by atoms with Crippen LogP contribution in [0, 0.1) is 17.8 Å². The zero-order valence-corrected chi connectivity index (χ0v) is 12.5.